The molecule has 24 heavy (non-hydrogen) atoms. The first-order chi connectivity index (χ1) is 11.6. The maximum atomic E-state index is 11.0. The Labute approximate surface area is 143 Å². The van der Waals surface area contributed by atoms with Crippen LogP contribution in [0.5, 0.6) is 0 Å². The minimum absolute atomic E-state index is 0.111. The van der Waals surface area contributed by atoms with Gasteiger partial charge in [0.2, 0.25) is 0 Å². The zero-order chi connectivity index (χ0) is 17.1. The highest BCUT2D eigenvalue weighted by Crippen LogP contribution is 2.24. The van der Waals surface area contributed by atoms with Crippen LogP contribution in [0.25, 0.3) is 16.7 Å². The van der Waals surface area contributed by atoms with Crippen molar-refractivity contribution in [3.63, 3.8) is 0 Å². The molecule has 1 aromatic heterocycles. The van der Waals surface area contributed by atoms with E-state index in [0.29, 0.717) is 6.42 Å². The van der Waals surface area contributed by atoms with Crippen LogP contribution in [-0.4, -0.2) is 30.0 Å². The number of aliphatic hydroxyl groups excluding tert-OH is 1. The van der Waals surface area contributed by atoms with Crippen molar-refractivity contribution < 1.29 is 13.9 Å². The zero-order valence-electron chi connectivity index (χ0n) is 13.5. The van der Waals surface area contributed by atoms with Crippen molar-refractivity contribution in [2.45, 2.75) is 25.5 Å². The molecule has 1 atom stereocenters. The Balaban J connectivity index is 2.07. The van der Waals surface area contributed by atoms with E-state index in [1.54, 1.807) is 0 Å². The molecular weight excluding hydrogens is 324 g/mol. The van der Waals surface area contributed by atoms with Crippen LogP contribution in [-0.2, 0) is 29.7 Å². The fraction of sp³-hybridized carbons (Fsp3) is 0.278. The first-order valence-corrected chi connectivity index (χ1v) is 9.18. The zero-order valence-corrected chi connectivity index (χ0v) is 14.3. The van der Waals surface area contributed by atoms with Gasteiger partial charge in [0.05, 0.1) is 16.8 Å². The van der Waals surface area contributed by atoms with Crippen LogP contribution >= 0.6 is 0 Å². The van der Waals surface area contributed by atoms with E-state index >= 15 is 0 Å². The van der Waals surface area contributed by atoms with Gasteiger partial charge in [-0.3, -0.25) is 4.57 Å². The van der Waals surface area contributed by atoms with Crippen molar-refractivity contribution in [2.75, 3.05) is 6.61 Å². The molecule has 0 saturated carbocycles. The monoisotopic (exact) mass is 344 g/mol. The first kappa shape index (κ1) is 16.8. The number of nitrogens with zero attached hydrogens (tertiary/aromatic N) is 2. The van der Waals surface area contributed by atoms with Crippen molar-refractivity contribution in [3.8, 4) is 5.69 Å². The summed E-state index contributed by atoms with van der Waals surface area (Å²) in [4.78, 5) is 4.68. The number of hydrogen-bond acceptors (Lipinski definition) is 3. The second-order valence-electron chi connectivity index (χ2n) is 5.65. The van der Waals surface area contributed by atoms with Gasteiger partial charge in [-0.15, -0.1) is 0 Å². The van der Waals surface area contributed by atoms with Gasteiger partial charge in [-0.05, 0) is 41.8 Å². The quantitative estimate of drug-likeness (QED) is 0.674. The SMILES string of the molecule is CCc1nc2cc(CS(=O)O)ccc2n1-c1ccc(CCO)cc1. The Morgan fingerprint density at radius 2 is 1.83 bits per heavy atom. The summed E-state index contributed by atoms with van der Waals surface area (Å²) in [5.74, 6) is 1.06. The molecule has 0 saturated heterocycles. The summed E-state index contributed by atoms with van der Waals surface area (Å²) in [5.41, 5.74) is 4.73. The lowest BCUT2D eigenvalue weighted by molar-refractivity contribution is 0.299. The number of benzene rings is 2. The van der Waals surface area contributed by atoms with Gasteiger partial charge in [0, 0.05) is 18.7 Å². The van der Waals surface area contributed by atoms with Crippen molar-refractivity contribution in [1.29, 1.82) is 0 Å². The maximum Gasteiger partial charge on any atom is 0.157 e. The third-order valence-corrected chi connectivity index (χ3v) is 4.57. The molecule has 6 heteroatoms. The predicted octanol–water partition coefficient (Wildman–Crippen LogP) is 2.84. The highest BCUT2D eigenvalue weighted by atomic mass is 32.2. The summed E-state index contributed by atoms with van der Waals surface area (Å²) in [6.07, 6.45) is 1.43. The lowest BCUT2D eigenvalue weighted by Gasteiger charge is -2.09. The van der Waals surface area contributed by atoms with Crippen LogP contribution in [0.4, 0.5) is 0 Å². The summed E-state index contributed by atoms with van der Waals surface area (Å²) in [7, 11) is 0. The normalized spacial score (nSPS) is 12.6. The van der Waals surface area contributed by atoms with Crippen LogP contribution in [0.1, 0.15) is 23.9 Å². The second-order valence-corrected chi connectivity index (χ2v) is 6.58. The third kappa shape index (κ3) is 3.40. The average molecular weight is 344 g/mol. The summed E-state index contributed by atoms with van der Waals surface area (Å²) in [6, 6.07) is 13.8. The molecule has 0 aliphatic heterocycles. The van der Waals surface area contributed by atoms with Gasteiger partial charge in [-0.1, -0.05) is 25.1 Å². The van der Waals surface area contributed by atoms with Gasteiger partial charge in [-0.2, -0.15) is 0 Å². The number of imidazole rings is 1. The van der Waals surface area contributed by atoms with E-state index in [-0.39, 0.29) is 12.4 Å². The van der Waals surface area contributed by atoms with E-state index in [1.807, 2.05) is 42.5 Å². The van der Waals surface area contributed by atoms with Gasteiger partial charge in [0.1, 0.15) is 5.82 Å². The topological polar surface area (TPSA) is 75.3 Å². The third-order valence-electron chi connectivity index (χ3n) is 3.99. The molecule has 2 N–H and O–H groups in total. The Morgan fingerprint density at radius 1 is 1.12 bits per heavy atom. The number of aliphatic hydroxyl groups is 1. The molecule has 126 valence electrons. The molecule has 2 aromatic carbocycles. The minimum Gasteiger partial charge on any atom is -0.396 e. The van der Waals surface area contributed by atoms with E-state index in [9.17, 15) is 4.21 Å². The smallest absolute Gasteiger partial charge is 0.157 e. The van der Waals surface area contributed by atoms with Gasteiger partial charge < -0.3 is 9.66 Å². The maximum absolute atomic E-state index is 11.0. The highest BCUT2D eigenvalue weighted by molar-refractivity contribution is 7.78. The number of rotatable bonds is 6. The van der Waals surface area contributed by atoms with Gasteiger partial charge in [0.15, 0.2) is 11.1 Å². The molecule has 0 fully saturated rings. The first-order valence-electron chi connectivity index (χ1n) is 7.90. The summed E-state index contributed by atoms with van der Waals surface area (Å²) >= 11 is -1.86. The fourth-order valence-corrected chi connectivity index (χ4v) is 3.34. The van der Waals surface area contributed by atoms with E-state index in [1.165, 1.54) is 0 Å². The predicted molar refractivity (Wildman–Crippen MR) is 95.7 cm³/mol. The molecule has 0 aliphatic rings. The fourth-order valence-electron chi connectivity index (χ4n) is 2.87. The summed E-state index contributed by atoms with van der Waals surface area (Å²) < 4.78 is 22.2. The van der Waals surface area contributed by atoms with Crippen LogP contribution in [0, 0.1) is 0 Å². The number of fused-ring (bicyclic) bond motifs is 1. The van der Waals surface area contributed by atoms with Crippen LogP contribution in [0.3, 0.4) is 0 Å². The molecular formula is C18H20N2O3S. The molecule has 0 radical (unpaired) electrons. The van der Waals surface area contributed by atoms with E-state index in [4.69, 9.17) is 9.66 Å². The van der Waals surface area contributed by atoms with Crippen LogP contribution < -0.4 is 0 Å². The Kier molecular flexibility index (Phi) is 5.08. The Hall–Kier alpha value is -2.02. The van der Waals surface area contributed by atoms with E-state index in [2.05, 4.69) is 16.5 Å². The van der Waals surface area contributed by atoms with E-state index < -0.39 is 11.1 Å². The molecule has 0 bridgehead atoms. The molecule has 1 heterocycles. The number of aryl methyl sites for hydroxylation is 1. The lowest BCUT2D eigenvalue weighted by Crippen LogP contribution is -2.00. The Bertz CT molecular complexity index is 872. The van der Waals surface area contributed by atoms with Gasteiger partial charge in [-0.25, -0.2) is 9.19 Å². The minimum atomic E-state index is -1.86. The molecule has 1 unspecified atom stereocenters. The second kappa shape index (κ2) is 7.25. The van der Waals surface area contributed by atoms with Crippen LogP contribution in [0.2, 0.25) is 0 Å². The largest absolute Gasteiger partial charge is 0.396 e. The van der Waals surface area contributed by atoms with Crippen molar-refractivity contribution in [3.05, 3.63) is 59.4 Å². The highest BCUT2D eigenvalue weighted by Gasteiger charge is 2.12. The standard InChI is InChI=1S/C18H20N2O3S/c1-2-18-19-16-11-14(12-24(22)23)5-8-17(16)20(18)15-6-3-13(4-7-15)9-10-21/h3-8,11,21H,2,9-10,12H2,1H3,(H,22,23). The van der Waals surface area contributed by atoms with Gasteiger partial charge in [0.25, 0.3) is 0 Å². The molecule has 0 aliphatic carbocycles. The number of aromatic nitrogens is 2. The van der Waals surface area contributed by atoms with Crippen molar-refractivity contribution in [2.24, 2.45) is 0 Å². The molecule has 5 nitrogen and oxygen atoms in total. The van der Waals surface area contributed by atoms with Crippen LogP contribution in [0.15, 0.2) is 42.5 Å². The molecule has 0 amide bonds. The van der Waals surface area contributed by atoms with Crippen molar-refractivity contribution in [1.82, 2.24) is 9.55 Å². The molecule has 3 aromatic rings. The van der Waals surface area contributed by atoms with Gasteiger partial charge >= 0.3 is 0 Å². The summed E-state index contributed by atoms with van der Waals surface area (Å²) in [6.45, 7) is 2.20. The average Bonchev–Trinajstić information content (AvgIpc) is 2.93. The molecule has 0 spiro atoms. The molecule has 3 rings (SSSR count). The lowest BCUT2D eigenvalue weighted by atomic mass is 10.1. The van der Waals surface area contributed by atoms with E-state index in [0.717, 1.165) is 40.1 Å². The van der Waals surface area contributed by atoms with Crippen molar-refractivity contribution >= 4 is 22.1 Å². The Morgan fingerprint density at radius 3 is 2.46 bits per heavy atom. The summed E-state index contributed by atoms with van der Waals surface area (Å²) in [5, 5.41) is 9.03. The number of hydrogen-bond donors (Lipinski definition) is 2.